The molecule has 3 unspecified atom stereocenters. The molecule has 3 atom stereocenters. The van der Waals surface area contributed by atoms with Crippen LogP contribution < -0.4 is 14.0 Å². The number of hydrogen-bond acceptors (Lipinski definition) is 1. The zero-order valence-electron chi connectivity index (χ0n) is 13.7. The summed E-state index contributed by atoms with van der Waals surface area (Å²) in [5, 5.41) is 0. The van der Waals surface area contributed by atoms with E-state index in [2.05, 4.69) is 79.1 Å². The van der Waals surface area contributed by atoms with E-state index in [9.17, 15) is 0 Å². The van der Waals surface area contributed by atoms with Crippen molar-refractivity contribution < 1.29 is 4.57 Å². The summed E-state index contributed by atoms with van der Waals surface area (Å²) in [6.07, 6.45) is 5.02. The number of rotatable bonds is 1. The molecule has 2 bridgehead atoms. The highest BCUT2D eigenvalue weighted by Gasteiger charge is 2.52. The van der Waals surface area contributed by atoms with Crippen LogP contribution in [0.15, 0.2) is 48.7 Å². The highest BCUT2D eigenvalue weighted by molar-refractivity contribution is 5.57. The van der Waals surface area contributed by atoms with E-state index in [1.165, 1.54) is 30.0 Å². The van der Waals surface area contributed by atoms with Crippen LogP contribution in [-0.4, -0.2) is 25.8 Å². The van der Waals surface area contributed by atoms with Gasteiger partial charge in [-0.25, -0.2) is 9.47 Å². The third-order valence-corrected chi connectivity index (χ3v) is 5.84. The van der Waals surface area contributed by atoms with Gasteiger partial charge in [0.1, 0.15) is 11.7 Å². The first-order valence-corrected chi connectivity index (χ1v) is 8.28. The number of hydrogen-bond donors (Lipinski definition) is 0. The Labute approximate surface area is 133 Å². The fourth-order valence-electron chi connectivity index (χ4n) is 4.44. The number of anilines is 1. The van der Waals surface area contributed by atoms with Crippen LogP contribution >= 0.6 is 0 Å². The minimum absolute atomic E-state index is 0.455. The molecule has 1 aromatic carbocycles. The summed E-state index contributed by atoms with van der Waals surface area (Å²) in [5.41, 5.74) is 3.04. The van der Waals surface area contributed by atoms with Crippen molar-refractivity contribution in [2.24, 2.45) is 7.05 Å². The monoisotopic (exact) mass is 295 g/mol. The van der Waals surface area contributed by atoms with E-state index in [1.807, 2.05) is 0 Å². The third kappa shape index (κ3) is 1.82. The van der Waals surface area contributed by atoms with Crippen molar-refractivity contribution in [2.75, 3.05) is 18.5 Å². The summed E-state index contributed by atoms with van der Waals surface area (Å²) >= 11 is 0. The van der Waals surface area contributed by atoms with E-state index >= 15 is 0 Å². The van der Waals surface area contributed by atoms with Crippen LogP contribution in [0.2, 0.25) is 0 Å². The molecule has 3 heteroatoms. The van der Waals surface area contributed by atoms with Gasteiger partial charge < -0.3 is 0 Å². The van der Waals surface area contributed by atoms with Gasteiger partial charge in [0, 0.05) is 31.4 Å². The maximum atomic E-state index is 2.66. The maximum Gasteiger partial charge on any atom is 0.281 e. The molecule has 2 aromatic rings. The van der Waals surface area contributed by atoms with Gasteiger partial charge >= 0.3 is 0 Å². The van der Waals surface area contributed by atoms with Crippen molar-refractivity contribution in [1.82, 2.24) is 4.48 Å². The Morgan fingerprint density at radius 3 is 2.73 bits per heavy atom. The molecule has 3 aliphatic rings. The van der Waals surface area contributed by atoms with Crippen molar-refractivity contribution >= 4 is 11.5 Å². The van der Waals surface area contributed by atoms with E-state index in [4.69, 9.17) is 0 Å². The van der Waals surface area contributed by atoms with Crippen LogP contribution in [0.1, 0.15) is 18.9 Å². The van der Waals surface area contributed by atoms with Crippen molar-refractivity contribution in [1.29, 1.82) is 0 Å². The van der Waals surface area contributed by atoms with Gasteiger partial charge in [0.05, 0.1) is 26.8 Å². The van der Waals surface area contributed by atoms with Crippen molar-refractivity contribution in [3.8, 4) is 0 Å². The largest absolute Gasteiger partial charge is 0.281 e. The second-order valence-corrected chi connectivity index (χ2v) is 6.98. The predicted octanol–water partition coefficient (Wildman–Crippen LogP) is 2.63. The first-order valence-electron chi connectivity index (χ1n) is 8.28. The Balaban J connectivity index is 1.88. The number of quaternary nitrogens is 1. The van der Waals surface area contributed by atoms with E-state index in [1.54, 1.807) is 0 Å². The Kier molecular flexibility index (Phi) is 3.01. The minimum Gasteiger partial charge on any atom is -0.256 e. The van der Waals surface area contributed by atoms with Crippen LogP contribution in [0.5, 0.6) is 0 Å². The molecule has 114 valence electrons. The summed E-state index contributed by atoms with van der Waals surface area (Å²) in [6, 6.07) is 16.2. The van der Waals surface area contributed by atoms with Crippen LogP contribution in [0.3, 0.4) is 0 Å². The van der Waals surface area contributed by atoms with Gasteiger partial charge in [-0.05, 0) is 12.1 Å². The topological polar surface area (TPSA) is 7.12 Å². The molecule has 1 aromatic heterocycles. The number of aryl methyl sites for hydroxylation is 1. The number of fused-ring (bicyclic) bond motifs is 2. The average molecular weight is 295 g/mol. The molecular formula is C19H25N3+2. The number of para-hydroxylation sites is 1. The lowest BCUT2D eigenvalue weighted by molar-refractivity contribution is -0.659. The summed E-state index contributed by atoms with van der Waals surface area (Å²) in [7, 11) is 4.56. The molecule has 22 heavy (non-hydrogen) atoms. The molecule has 0 amide bonds. The standard InChI is InChI=1S/C19H25N3/c1-15-21(19-10-6-7-12-20(19)2)17-11-13-22(15,3)18-9-5-4-8-16(18)14-17/h4-10,12,15,17H,11,13-14H2,1-3H3/q+2. The number of pyridine rings is 1. The van der Waals surface area contributed by atoms with Gasteiger partial charge in [-0.2, -0.15) is 0 Å². The second kappa shape index (κ2) is 4.82. The summed E-state index contributed by atoms with van der Waals surface area (Å²) in [4.78, 5) is 2.66. The highest BCUT2D eigenvalue weighted by Crippen LogP contribution is 2.41. The molecule has 0 spiro atoms. The normalized spacial score (nSPS) is 30.0. The van der Waals surface area contributed by atoms with Gasteiger partial charge in [-0.1, -0.05) is 24.3 Å². The lowest BCUT2D eigenvalue weighted by Crippen LogP contribution is -2.67. The Hall–Kier alpha value is -1.87. The Morgan fingerprint density at radius 2 is 1.91 bits per heavy atom. The number of nitrogens with zero attached hydrogens (tertiary/aromatic N) is 3. The van der Waals surface area contributed by atoms with Gasteiger partial charge in [0.25, 0.3) is 5.82 Å². The lowest BCUT2D eigenvalue weighted by atomic mass is 10.0. The second-order valence-electron chi connectivity index (χ2n) is 6.98. The number of aromatic nitrogens is 1. The molecule has 0 saturated carbocycles. The summed E-state index contributed by atoms with van der Waals surface area (Å²) in [5.74, 6) is 1.33. The summed E-state index contributed by atoms with van der Waals surface area (Å²) < 4.78 is 3.27. The van der Waals surface area contributed by atoms with Gasteiger partial charge in [-0.15, -0.1) is 0 Å². The van der Waals surface area contributed by atoms with Crippen molar-refractivity contribution in [3.63, 3.8) is 0 Å². The first kappa shape index (κ1) is 13.8. The smallest absolute Gasteiger partial charge is 0.256 e. The zero-order valence-corrected chi connectivity index (χ0v) is 13.7. The van der Waals surface area contributed by atoms with Gasteiger partial charge in [0.2, 0.25) is 6.17 Å². The molecule has 0 N–H and O–H groups in total. The molecule has 1 fully saturated rings. The van der Waals surface area contributed by atoms with Gasteiger partial charge in [0.15, 0.2) is 0 Å². The third-order valence-electron chi connectivity index (χ3n) is 5.84. The Bertz CT molecular complexity index is 711. The molecule has 5 rings (SSSR count). The SMILES string of the molecule is CC1N(c2cccc[n+]2C)C2CC[N+]1(C)c1ccccc1C2. The molecule has 0 aliphatic carbocycles. The predicted molar refractivity (Wildman–Crippen MR) is 90.7 cm³/mol. The lowest BCUT2D eigenvalue weighted by Gasteiger charge is -2.45. The van der Waals surface area contributed by atoms with Crippen LogP contribution in [0.25, 0.3) is 0 Å². The van der Waals surface area contributed by atoms with E-state index in [0.29, 0.717) is 12.2 Å². The van der Waals surface area contributed by atoms with E-state index < -0.39 is 0 Å². The first-order chi connectivity index (χ1) is 10.6. The van der Waals surface area contributed by atoms with Gasteiger partial charge in [-0.3, -0.25) is 4.48 Å². The fourth-order valence-corrected chi connectivity index (χ4v) is 4.44. The highest BCUT2D eigenvalue weighted by atomic mass is 15.5. The van der Waals surface area contributed by atoms with Crippen LogP contribution in [0, 0.1) is 0 Å². The maximum absolute atomic E-state index is 2.66. The van der Waals surface area contributed by atoms with E-state index in [0.717, 1.165) is 10.9 Å². The molecule has 3 nitrogen and oxygen atoms in total. The van der Waals surface area contributed by atoms with Crippen molar-refractivity contribution in [2.45, 2.75) is 32.0 Å². The fraction of sp³-hybridized carbons (Fsp3) is 0.421. The van der Waals surface area contributed by atoms with Crippen LogP contribution in [-0.2, 0) is 13.5 Å². The van der Waals surface area contributed by atoms with E-state index in [-0.39, 0.29) is 0 Å². The number of benzene rings is 1. The molecule has 0 radical (unpaired) electrons. The van der Waals surface area contributed by atoms with Crippen molar-refractivity contribution in [3.05, 3.63) is 54.2 Å². The average Bonchev–Trinajstić information content (AvgIpc) is 2.72. The summed E-state index contributed by atoms with van der Waals surface area (Å²) in [6.45, 7) is 3.62. The minimum atomic E-state index is 0.455. The molecular weight excluding hydrogens is 270 g/mol. The van der Waals surface area contributed by atoms with Crippen LogP contribution in [0.4, 0.5) is 11.5 Å². The quantitative estimate of drug-likeness (QED) is 0.579. The molecule has 1 saturated heterocycles. The molecule has 4 heterocycles. The Morgan fingerprint density at radius 1 is 1.14 bits per heavy atom. The molecule has 3 aliphatic heterocycles. The zero-order chi connectivity index (χ0) is 15.3.